The summed E-state index contributed by atoms with van der Waals surface area (Å²) < 4.78 is 17.8. The molecular formula is C49H52Cl2FN3O9. The van der Waals surface area contributed by atoms with Crippen molar-refractivity contribution in [3.63, 3.8) is 0 Å². The van der Waals surface area contributed by atoms with Gasteiger partial charge in [-0.15, -0.1) is 24.8 Å². The minimum absolute atomic E-state index is 0. The van der Waals surface area contributed by atoms with Crippen LogP contribution in [0.4, 0.5) is 10.1 Å². The molecule has 12 nitrogen and oxygen atoms in total. The average Bonchev–Trinajstić information content (AvgIpc) is 3.43. The molecule has 0 saturated heterocycles. The van der Waals surface area contributed by atoms with E-state index in [9.17, 15) is 44.4 Å². The number of aliphatic hydroxyl groups is 2. The van der Waals surface area contributed by atoms with Crippen molar-refractivity contribution in [2.45, 2.75) is 82.6 Å². The van der Waals surface area contributed by atoms with Gasteiger partial charge in [0.25, 0.3) is 0 Å². The molecule has 4 aromatic rings. The lowest BCUT2D eigenvalue weighted by molar-refractivity contribution is -0.218. The normalized spacial score (nSPS) is 29.5. The van der Waals surface area contributed by atoms with Crippen LogP contribution in [0.1, 0.15) is 95.3 Å². The van der Waals surface area contributed by atoms with Crippen LogP contribution >= 0.6 is 24.8 Å². The number of aliphatic hydroxyl groups excluding tert-OH is 1. The van der Waals surface area contributed by atoms with E-state index in [1.807, 2.05) is 18.2 Å². The number of carboxylic acid groups (broad SMARTS) is 2. The lowest BCUT2D eigenvalue weighted by atomic mass is 9.44. The second kappa shape index (κ2) is 17.6. The van der Waals surface area contributed by atoms with Gasteiger partial charge in [0.1, 0.15) is 5.60 Å². The third kappa shape index (κ3) is 7.44. The number of rotatable bonds is 11. The molecular weight excluding hydrogens is 864 g/mol. The molecule has 64 heavy (non-hydrogen) atoms. The highest BCUT2D eigenvalue weighted by Crippen LogP contribution is 2.70. The van der Waals surface area contributed by atoms with Crippen LogP contribution in [-0.2, 0) is 27.2 Å². The predicted molar refractivity (Wildman–Crippen MR) is 243 cm³/mol. The van der Waals surface area contributed by atoms with Crippen LogP contribution in [0.2, 0.25) is 0 Å². The third-order valence-electron chi connectivity index (χ3n) is 15.1. The zero-order valence-electron chi connectivity index (χ0n) is 35.5. The monoisotopic (exact) mass is 915 g/mol. The number of nitrogens with two attached hydrogens (primary N) is 1. The zero-order chi connectivity index (χ0) is 44.5. The van der Waals surface area contributed by atoms with Crippen molar-refractivity contribution >= 4 is 70.7 Å². The van der Waals surface area contributed by atoms with Crippen LogP contribution in [0.15, 0.2) is 96.9 Å². The molecule has 3 aromatic carbocycles. The number of benzene rings is 3. The Morgan fingerprint density at radius 3 is 2.27 bits per heavy atom. The first-order chi connectivity index (χ1) is 29.4. The van der Waals surface area contributed by atoms with Crippen molar-refractivity contribution in [2.24, 2.45) is 34.3 Å². The summed E-state index contributed by atoms with van der Waals surface area (Å²) in [6, 6.07) is 16.4. The largest absolute Gasteiger partial charge is 0.478 e. The maximum atomic E-state index is 17.8. The van der Waals surface area contributed by atoms with Crippen molar-refractivity contribution in [1.29, 1.82) is 0 Å². The predicted octanol–water partition coefficient (Wildman–Crippen LogP) is 7.21. The molecule has 1 aromatic heterocycles. The Balaban J connectivity index is 0.00000340. The Hall–Kier alpha value is -5.31. The molecule has 3 saturated carbocycles. The standard InChI is InChI=1S/C49H50FN3O9.2ClH/c1-26-18-40-39-13-9-31-21-33(54)14-16-46(31,2)48(39,50)42(56)23-47(40,3)49(26,62)41(55)22-37-35(45(60)61)12-11-34(44(58)59)36(37)19-27-4-6-28(7-5-27)38(24-51)43(57)53-32-10-8-30-25-52-17-15-29(30)20-32;;/h4-8,10-12,14-17,20-21,25-26,38-40,42,56,62H,9,13,18-19,22-24,51H2,1-3H3,(H,53,57)(H,58,59)(H,60,61);2*1H/t26-,38-,39+,40+,42+,46+,47+,48+,49+;;/m1../s1. The number of Topliss-reactive ketones (excluding diaryl/α,β-unsaturated/α-hetero) is 1. The number of aromatic nitrogens is 1. The van der Waals surface area contributed by atoms with Crippen molar-refractivity contribution in [2.75, 3.05) is 11.9 Å². The quantitative estimate of drug-likeness (QED) is 0.0884. The van der Waals surface area contributed by atoms with E-state index in [1.165, 1.54) is 24.3 Å². The number of hydrogen-bond acceptors (Lipinski definition) is 9. The van der Waals surface area contributed by atoms with Gasteiger partial charge in [0.15, 0.2) is 17.2 Å². The number of halogens is 3. The number of allylic oxidation sites excluding steroid dienone is 4. The molecule has 338 valence electrons. The molecule has 4 aliphatic carbocycles. The topological polar surface area (TPSA) is 217 Å². The second-order valence-corrected chi connectivity index (χ2v) is 18.1. The van der Waals surface area contributed by atoms with Gasteiger partial charge in [0, 0.05) is 53.2 Å². The van der Waals surface area contributed by atoms with Crippen molar-refractivity contribution in [3.05, 3.63) is 130 Å². The molecule has 0 spiro atoms. The lowest BCUT2D eigenvalue weighted by Gasteiger charge is -2.62. The fraction of sp³-hybridized carbons (Fsp3) is 0.388. The Kier molecular flexibility index (Phi) is 13.2. The maximum absolute atomic E-state index is 17.8. The smallest absolute Gasteiger partial charge is 0.335 e. The molecule has 15 heteroatoms. The summed E-state index contributed by atoms with van der Waals surface area (Å²) in [6.45, 7) is 5.07. The molecule has 7 N–H and O–H groups in total. The number of alkyl halides is 1. The van der Waals surface area contributed by atoms with Gasteiger partial charge in [-0.3, -0.25) is 19.4 Å². The summed E-state index contributed by atoms with van der Waals surface area (Å²) in [5.74, 6) is -6.88. The van der Waals surface area contributed by atoms with E-state index in [0.717, 1.165) is 16.8 Å². The summed E-state index contributed by atoms with van der Waals surface area (Å²) in [5, 5.41) is 50.1. The lowest BCUT2D eigenvalue weighted by Crippen LogP contribution is -2.69. The zero-order valence-corrected chi connectivity index (χ0v) is 37.2. The van der Waals surface area contributed by atoms with Crippen molar-refractivity contribution < 1.29 is 48.8 Å². The van der Waals surface area contributed by atoms with Gasteiger partial charge < -0.3 is 31.5 Å². The number of nitrogens with one attached hydrogen (secondary N) is 1. The number of ketones is 2. The first-order valence-electron chi connectivity index (χ1n) is 21.0. The van der Waals surface area contributed by atoms with Crippen LogP contribution in [0.3, 0.4) is 0 Å². The van der Waals surface area contributed by atoms with E-state index < -0.39 is 76.0 Å². The van der Waals surface area contributed by atoms with Crippen LogP contribution in [0, 0.1) is 28.6 Å². The van der Waals surface area contributed by atoms with Crippen LogP contribution in [-0.4, -0.2) is 78.7 Å². The fourth-order valence-electron chi connectivity index (χ4n) is 11.8. The van der Waals surface area contributed by atoms with Gasteiger partial charge in [-0.1, -0.05) is 55.8 Å². The van der Waals surface area contributed by atoms with Crippen LogP contribution < -0.4 is 11.1 Å². The summed E-state index contributed by atoms with van der Waals surface area (Å²) >= 11 is 0. The Morgan fingerprint density at radius 2 is 1.61 bits per heavy atom. The molecule has 1 amide bonds. The average molecular weight is 917 g/mol. The van der Waals surface area contributed by atoms with Crippen LogP contribution in [0.5, 0.6) is 0 Å². The van der Waals surface area contributed by atoms with E-state index in [-0.39, 0.29) is 84.6 Å². The Morgan fingerprint density at radius 1 is 0.938 bits per heavy atom. The molecule has 0 radical (unpaired) electrons. The van der Waals surface area contributed by atoms with Gasteiger partial charge in [0.2, 0.25) is 5.91 Å². The molecule has 8 rings (SSSR count). The van der Waals surface area contributed by atoms with Gasteiger partial charge in [-0.05, 0) is 121 Å². The van der Waals surface area contributed by atoms with Crippen molar-refractivity contribution in [3.8, 4) is 0 Å². The summed E-state index contributed by atoms with van der Waals surface area (Å²) in [7, 11) is 0. The molecule has 0 bridgehead atoms. The van der Waals surface area contributed by atoms with E-state index >= 15 is 4.39 Å². The van der Waals surface area contributed by atoms with Crippen LogP contribution in [0.25, 0.3) is 10.8 Å². The van der Waals surface area contributed by atoms with E-state index in [1.54, 1.807) is 63.5 Å². The molecule has 0 unspecified atom stereocenters. The van der Waals surface area contributed by atoms with E-state index in [0.29, 0.717) is 35.2 Å². The molecule has 1 heterocycles. The number of carboxylic acids is 2. The number of carbonyl (C=O) groups is 5. The van der Waals surface area contributed by atoms with Gasteiger partial charge in [0.05, 0.1) is 23.1 Å². The van der Waals surface area contributed by atoms with Crippen molar-refractivity contribution in [1.82, 2.24) is 4.98 Å². The summed E-state index contributed by atoms with van der Waals surface area (Å²) in [6.07, 6.45) is 5.99. The third-order valence-corrected chi connectivity index (χ3v) is 15.1. The minimum Gasteiger partial charge on any atom is -0.478 e. The first kappa shape index (κ1) is 48.2. The van der Waals surface area contributed by atoms with Gasteiger partial charge in [-0.2, -0.15) is 0 Å². The Bertz CT molecular complexity index is 2620. The number of carbonyl (C=O) groups excluding carboxylic acids is 3. The first-order valence-corrected chi connectivity index (χ1v) is 21.0. The summed E-state index contributed by atoms with van der Waals surface area (Å²) in [4.78, 5) is 70.2. The molecule has 9 atom stereocenters. The number of anilines is 1. The number of fused-ring (bicyclic) bond motifs is 6. The SMILES string of the molecule is C[C@@H]1C[C@H]2[C@@H]3CCC4=CC(=O)C=C[C@]4(C)[C@@]3(F)[C@@H](O)C[C@]2(C)[C@@]1(O)C(=O)Cc1c(C(=O)O)ccc(C(=O)O)c1Cc1ccc([C@@H](CN)C(=O)Nc2ccc3cnccc3c2)cc1.Cl.Cl. The Labute approximate surface area is 382 Å². The molecule has 3 fully saturated rings. The van der Waals surface area contributed by atoms with Gasteiger partial charge in [-0.25, -0.2) is 14.0 Å². The number of nitrogens with zero attached hydrogens (tertiary/aromatic N) is 1. The highest BCUT2D eigenvalue weighted by atomic mass is 35.5. The highest BCUT2D eigenvalue weighted by Gasteiger charge is 2.75. The second-order valence-electron chi connectivity index (χ2n) is 18.1. The highest BCUT2D eigenvalue weighted by molar-refractivity contribution is 6.02. The number of aromatic carboxylic acids is 2. The molecule has 0 aliphatic heterocycles. The number of pyridine rings is 1. The van der Waals surface area contributed by atoms with E-state index in [2.05, 4.69) is 10.3 Å². The maximum Gasteiger partial charge on any atom is 0.335 e. The number of hydrogen-bond donors (Lipinski definition) is 6. The van der Waals surface area contributed by atoms with Gasteiger partial charge >= 0.3 is 11.9 Å². The minimum atomic E-state index is -2.19. The van der Waals surface area contributed by atoms with E-state index in [4.69, 9.17) is 5.73 Å². The number of amides is 1. The summed E-state index contributed by atoms with van der Waals surface area (Å²) in [5.41, 5.74) is 0.937. The molecule has 4 aliphatic rings. The fourth-order valence-corrected chi connectivity index (χ4v) is 11.8.